The van der Waals surface area contributed by atoms with E-state index >= 15 is 0 Å². The molecule has 0 aliphatic rings. The first-order valence-electron chi connectivity index (χ1n) is 22.3. The Morgan fingerprint density at radius 3 is 1.47 bits per heavy atom. The summed E-state index contributed by atoms with van der Waals surface area (Å²) in [7, 11) is -4.65. The molecule has 0 aromatic carbocycles. The number of allylic oxidation sites excluding steroid dienone is 15. The minimum atomic E-state index is -4.65. The molecular weight excluding hydrogens is 765 g/mol. The maximum Gasteiger partial charge on any atom is 0.472 e. The van der Waals surface area contributed by atoms with Crippen molar-refractivity contribution in [1.82, 2.24) is 0 Å². The molecule has 0 radical (unpaired) electrons. The topological polar surface area (TPSA) is 155 Å². The van der Waals surface area contributed by atoms with E-state index in [1.54, 1.807) is 0 Å². The highest BCUT2D eigenvalue weighted by atomic mass is 31.2. The summed E-state index contributed by atoms with van der Waals surface area (Å²) in [6.45, 7) is 3.49. The van der Waals surface area contributed by atoms with Crippen molar-refractivity contribution in [3.63, 3.8) is 0 Å². The number of aliphatic carboxylic acids is 1. The van der Waals surface area contributed by atoms with Crippen LogP contribution in [0.1, 0.15) is 155 Å². The van der Waals surface area contributed by atoms with Gasteiger partial charge in [-0.3, -0.25) is 18.6 Å². The number of carboxylic acid groups (broad SMARTS) is 1. The molecule has 0 aromatic rings. The normalized spacial score (nSPS) is 14.8. The number of hydrogen-bond donors (Lipinski definition) is 3. The molecule has 59 heavy (non-hydrogen) atoms. The number of carboxylic acids is 1. The van der Waals surface area contributed by atoms with Crippen LogP contribution in [0, 0.1) is 0 Å². The van der Waals surface area contributed by atoms with E-state index in [4.69, 9.17) is 29.4 Å². The smallest absolute Gasteiger partial charge is 0.472 e. The quantitative estimate of drug-likeness (QED) is 0.0234. The van der Waals surface area contributed by atoms with Crippen LogP contribution >= 0.6 is 7.82 Å². The van der Waals surface area contributed by atoms with Gasteiger partial charge in [0.05, 0.1) is 26.4 Å². The second-order valence-electron chi connectivity index (χ2n) is 14.4. The monoisotopic (exact) mass is 846 g/mol. The van der Waals surface area contributed by atoms with Gasteiger partial charge in [0.1, 0.15) is 12.1 Å². The maximum absolute atomic E-state index is 12.6. The molecule has 0 amide bonds. The number of esters is 1. The number of ether oxygens (including phenoxy) is 2. The van der Waals surface area contributed by atoms with Crippen molar-refractivity contribution in [2.75, 3.05) is 26.4 Å². The molecule has 0 aliphatic carbocycles. The molecule has 3 unspecified atom stereocenters. The lowest BCUT2D eigenvalue weighted by molar-refractivity contribution is -0.154. The largest absolute Gasteiger partial charge is 0.480 e. The number of carbonyl (C=O) groups is 2. The van der Waals surface area contributed by atoms with Gasteiger partial charge in [0, 0.05) is 6.42 Å². The summed E-state index contributed by atoms with van der Waals surface area (Å²) in [5.74, 6) is -1.83. The van der Waals surface area contributed by atoms with E-state index in [9.17, 15) is 19.0 Å². The Labute approximate surface area is 358 Å². The molecule has 0 spiro atoms. The zero-order chi connectivity index (χ0) is 43.3. The van der Waals surface area contributed by atoms with E-state index in [0.717, 1.165) is 83.5 Å². The molecule has 336 valence electrons. The SMILES string of the molecule is CC/C=C\C/C=C\C/C=C\C/C=C\C/C=C\CCOCC(COP(=O)(O)OCC(N)C(=O)O)OC(=O)CCCCCCCC/C=C\C/C=C\C/C=C\CCCCCCC. The van der Waals surface area contributed by atoms with Crippen molar-refractivity contribution in [2.45, 2.75) is 167 Å². The Morgan fingerprint density at radius 2 is 0.983 bits per heavy atom. The van der Waals surface area contributed by atoms with Gasteiger partial charge < -0.3 is 25.2 Å². The van der Waals surface area contributed by atoms with Crippen molar-refractivity contribution < 1.29 is 42.7 Å². The number of carbonyl (C=O) groups excluding carboxylic acids is 1. The van der Waals surface area contributed by atoms with Crippen LogP contribution in [0.4, 0.5) is 0 Å². The summed E-state index contributed by atoms with van der Waals surface area (Å²) in [4.78, 5) is 33.6. The molecular formula is C48H80NO9P. The van der Waals surface area contributed by atoms with E-state index in [-0.39, 0.29) is 13.0 Å². The lowest BCUT2D eigenvalue weighted by Gasteiger charge is -2.20. The van der Waals surface area contributed by atoms with Crippen LogP contribution in [0.2, 0.25) is 0 Å². The number of hydrogen-bond acceptors (Lipinski definition) is 8. The van der Waals surface area contributed by atoms with Gasteiger partial charge >= 0.3 is 19.8 Å². The minimum Gasteiger partial charge on any atom is -0.480 e. The fraction of sp³-hybridized carbons (Fsp3) is 0.625. The lowest BCUT2D eigenvalue weighted by atomic mass is 10.1. The van der Waals surface area contributed by atoms with Gasteiger partial charge in [-0.1, -0.05) is 162 Å². The van der Waals surface area contributed by atoms with E-state index < -0.39 is 45.1 Å². The van der Waals surface area contributed by atoms with Crippen molar-refractivity contribution in [2.24, 2.45) is 5.73 Å². The summed E-state index contributed by atoms with van der Waals surface area (Å²) < 4.78 is 33.2. The predicted molar refractivity (Wildman–Crippen MR) is 244 cm³/mol. The van der Waals surface area contributed by atoms with Crippen LogP contribution in [0.5, 0.6) is 0 Å². The second kappa shape index (κ2) is 43.0. The molecule has 0 saturated carbocycles. The molecule has 3 atom stereocenters. The van der Waals surface area contributed by atoms with Crippen LogP contribution in [0.25, 0.3) is 0 Å². The molecule has 4 N–H and O–H groups in total. The van der Waals surface area contributed by atoms with Gasteiger partial charge in [-0.25, -0.2) is 4.57 Å². The summed E-state index contributed by atoms with van der Waals surface area (Å²) in [6, 6.07) is -1.49. The summed E-state index contributed by atoms with van der Waals surface area (Å²) in [5.41, 5.74) is 5.35. The van der Waals surface area contributed by atoms with Crippen LogP contribution in [0.15, 0.2) is 97.2 Å². The molecule has 10 nitrogen and oxygen atoms in total. The highest BCUT2D eigenvalue weighted by Crippen LogP contribution is 2.43. The van der Waals surface area contributed by atoms with E-state index in [1.807, 2.05) is 12.2 Å². The third-order valence-corrected chi connectivity index (χ3v) is 9.82. The maximum atomic E-state index is 12.6. The third-order valence-electron chi connectivity index (χ3n) is 8.87. The molecule has 11 heteroatoms. The zero-order valence-electron chi connectivity index (χ0n) is 36.6. The molecule has 0 aliphatic heterocycles. The standard InChI is InChI=1S/C48H80NO9P/c1-3-5-7-9-11-13-15-17-19-21-22-23-24-25-26-28-30-32-34-36-38-40-47(50)58-45(43-56-59(53,54)57-44-46(49)48(51)52)42-55-41-39-37-35-33-31-29-27-20-18-16-14-12-10-8-6-4-2/h6,8,12,14-15,17-18,20-22,24-25,29,31,35,37,45-46H,3-5,7,9-11,13,16,19,23,26-28,30,32-34,36,38-44,49H2,1-2H3,(H,51,52)(H,53,54)/b8-6-,14-12-,17-15-,20-18-,22-21-,25-24-,31-29-,37-35-. The number of unbranched alkanes of at least 4 members (excludes halogenated alkanes) is 11. The Hall–Kier alpha value is -3.11. The fourth-order valence-electron chi connectivity index (χ4n) is 5.44. The minimum absolute atomic E-state index is 0.0491. The Bertz CT molecular complexity index is 1300. The van der Waals surface area contributed by atoms with E-state index in [2.05, 4.69) is 98.9 Å². The first-order valence-corrected chi connectivity index (χ1v) is 23.8. The zero-order valence-corrected chi connectivity index (χ0v) is 37.4. The van der Waals surface area contributed by atoms with Gasteiger partial charge in [0.25, 0.3) is 0 Å². The number of rotatable bonds is 41. The van der Waals surface area contributed by atoms with E-state index in [1.165, 1.54) is 38.5 Å². The van der Waals surface area contributed by atoms with Crippen LogP contribution in [0.3, 0.4) is 0 Å². The summed E-state index contributed by atoms with van der Waals surface area (Å²) >= 11 is 0. The summed E-state index contributed by atoms with van der Waals surface area (Å²) in [5, 5.41) is 8.90. The van der Waals surface area contributed by atoms with Crippen LogP contribution in [-0.2, 0) is 32.7 Å². The molecule has 0 heterocycles. The van der Waals surface area contributed by atoms with Crippen molar-refractivity contribution in [1.29, 1.82) is 0 Å². The number of nitrogens with two attached hydrogens (primary N) is 1. The first kappa shape index (κ1) is 55.9. The summed E-state index contributed by atoms with van der Waals surface area (Å²) in [6.07, 6.45) is 56.3. The lowest BCUT2D eigenvalue weighted by Crippen LogP contribution is -2.34. The van der Waals surface area contributed by atoms with Gasteiger partial charge in [-0.2, -0.15) is 0 Å². The van der Waals surface area contributed by atoms with Gasteiger partial charge in [-0.15, -0.1) is 0 Å². The molecule has 0 saturated heterocycles. The predicted octanol–water partition coefficient (Wildman–Crippen LogP) is 12.5. The average Bonchev–Trinajstić information content (AvgIpc) is 3.21. The Morgan fingerprint density at radius 1 is 0.559 bits per heavy atom. The third kappa shape index (κ3) is 42.8. The average molecular weight is 846 g/mol. The van der Waals surface area contributed by atoms with Gasteiger partial charge in [0.2, 0.25) is 0 Å². The molecule has 0 bridgehead atoms. The Balaban J connectivity index is 4.37. The Kier molecular flexibility index (Phi) is 40.7. The van der Waals surface area contributed by atoms with Gasteiger partial charge in [0.15, 0.2) is 0 Å². The number of phosphoric acid groups is 1. The van der Waals surface area contributed by atoms with E-state index in [0.29, 0.717) is 19.4 Å². The van der Waals surface area contributed by atoms with Crippen molar-refractivity contribution in [3.05, 3.63) is 97.2 Å². The first-order chi connectivity index (χ1) is 28.7. The van der Waals surface area contributed by atoms with Crippen molar-refractivity contribution >= 4 is 19.8 Å². The fourth-order valence-corrected chi connectivity index (χ4v) is 6.22. The van der Waals surface area contributed by atoms with Crippen molar-refractivity contribution in [3.8, 4) is 0 Å². The highest BCUT2D eigenvalue weighted by Gasteiger charge is 2.27. The molecule has 0 aromatic heterocycles. The highest BCUT2D eigenvalue weighted by molar-refractivity contribution is 7.47. The second-order valence-corrected chi connectivity index (χ2v) is 15.9. The van der Waals surface area contributed by atoms with Crippen LogP contribution in [-0.4, -0.2) is 60.5 Å². The number of phosphoric ester groups is 1. The van der Waals surface area contributed by atoms with Crippen LogP contribution < -0.4 is 5.73 Å². The molecule has 0 fully saturated rings. The van der Waals surface area contributed by atoms with Gasteiger partial charge in [-0.05, 0) is 83.5 Å². The molecule has 0 rings (SSSR count).